The van der Waals surface area contributed by atoms with Gasteiger partial charge in [0.25, 0.3) is 0 Å². The molecule has 3 aromatic rings. The maximum atomic E-state index is 14.6. The summed E-state index contributed by atoms with van der Waals surface area (Å²) in [5, 5.41) is 16.4. The summed E-state index contributed by atoms with van der Waals surface area (Å²) in [6, 6.07) is 10.9. The number of hydrogen-bond donors (Lipinski definition) is 2. The molecule has 2 N–H and O–H groups in total. The molecular weight excluding hydrogens is 606 g/mol. The molecule has 10 heteroatoms. The molecule has 2 bridgehead atoms. The molecule has 7 rings (SSSR count). The molecule has 10 nitrogen and oxygen atoms in total. The van der Waals surface area contributed by atoms with Crippen LogP contribution in [0, 0.1) is 18.3 Å². The predicted octanol–water partition coefficient (Wildman–Crippen LogP) is 6.75. The summed E-state index contributed by atoms with van der Waals surface area (Å²) in [4.78, 5) is 33.4. The second-order valence-electron chi connectivity index (χ2n) is 14.6. The number of methoxy groups -OCH3 is 1. The zero-order valence-corrected chi connectivity index (χ0v) is 28.9. The zero-order valence-electron chi connectivity index (χ0n) is 28.9. The predicted molar refractivity (Wildman–Crippen MR) is 185 cm³/mol. The molecule has 48 heavy (non-hydrogen) atoms. The SMILES string of the molecule is COc1ccc(C23CCC(CN(c4cc(-c5cnn(C(C)C)c5)ccn4)C(=O)[C@H]4CC[C@H](NC(=O)OCCO)CC4)(CC2)CC3)cc1C. The second-order valence-corrected chi connectivity index (χ2v) is 14.6. The number of aliphatic hydroxyl groups excluding tert-OH is 1. The van der Waals surface area contributed by atoms with Crippen molar-refractivity contribution >= 4 is 17.8 Å². The average Bonchev–Trinajstić information content (AvgIpc) is 3.62. The molecule has 4 fully saturated rings. The molecule has 0 unspecified atom stereocenters. The van der Waals surface area contributed by atoms with Crippen molar-refractivity contribution in [2.75, 3.05) is 31.8 Å². The first kappa shape index (κ1) is 34.0. The summed E-state index contributed by atoms with van der Waals surface area (Å²) in [5.41, 5.74) is 4.84. The van der Waals surface area contributed by atoms with Crippen molar-refractivity contribution in [1.29, 1.82) is 0 Å². The van der Waals surface area contributed by atoms with Gasteiger partial charge in [-0.1, -0.05) is 12.1 Å². The number of anilines is 1. The van der Waals surface area contributed by atoms with Crippen LogP contribution in [0.1, 0.15) is 95.2 Å². The van der Waals surface area contributed by atoms with Crippen molar-refractivity contribution in [3.05, 3.63) is 60.0 Å². The Kier molecular flexibility index (Phi) is 10.1. The van der Waals surface area contributed by atoms with Gasteiger partial charge in [0.05, 0.1) is 19.9 Å². The maximum absolute atomic E-state index is 14.6. The molecule has 2 heterocycles. The van der Waals surface area contributed by atoms with Crippen LogP contribution < -0.4 is 15.0 Å². The Labute approximate surface area is 284 Å². The number of hydrogen-bond acceptors (Lipinski definition) is 7. The molecule has 0 aliphatic heterocycles. The summed E-state index contributed by atoms with van der Waals surface area (Å²) in [7, 11) is 1.73. The fourth-order valence-electron chi connectivity index (χ4n) is 8.32. The maximum Gasteiger partial charge on any atom is 0.407 e. The van der Waals surface area contributed by atoms with E-state index in [-0.39, 0.29) is 48.0 Å². The largest absolute Gasteiger partial charge is 0.496 e. The first-order chi connectivity index (χ1) is 23.1. The second kappa shape index (κ2) is 14.3. The molecule has 2 amide bonds. The van der Waals surface area contributed by atoms with Crippen LogP contribution in [0.2, 0.25) is 0 Å². The topological polar surface area (TPSA) is 119 Å². The third-order valence-electron chi connectivity index (χ3n) is 11.4. The van der Waals surface area contributed by atoms with E-state index in [1.54, 1.807) is 7.11 Å². The Morgan fingerprint density at radius 1 is 1.04 bits per heavy atom. The van der Waals surface area contributed by atoms with Crippen molar-refractivity contribution in [3.8, 4) is 16.9 Å². The van der Waals surface area contributed by atoms with Gasteiger partial charge in [0.2, 0.25) is 5.91 Å². The molecular formula is C38H51N5O5. The van der Waals surface area contributed by atoms with Gasteiger partial charge in [-0.3, -0.25) is 14.4 Å². The number of rotatable bonds is 11. The van der Waals surface area contributed by atoms with Crippen molar-refractivity contribution < 1.29 is 24.2 Å². The molecule has 4 saturated carbocycles. The Hall–Kier alpha value is -3.92. The van der Waals surface area contributed by atoms with E-state index in [1.165, 1.54) is 11.1 Å². The number of benzene rings is 1. The first-order valence-corrected chi connectivity index (χ1v) is 17.7. The lowest BCUT2D eigenvalue weighted by Gasteiger charge is -2.55. The number of amides is 2. The quantitative estimate of drug-likeness (QED) is 0.234. The number of aliphatic hydroxyl groups is 1. The number of fused-ring (bicyclic) bond motifs is 3. The van der Waals surface area contributed by atoms with Gasteiger partial charge in [0, 0.05) is 42.5 Å². The van der Waals surface area contributed by atoms with E-state index >= 15 is 0 Å². The third kappa shape index (κ3) is 7.09. The highest BCUT2D eigenvalue weighted by atomic mass is 16.6. The lowest BCUT2D eigenvalue weighted by molar-refractivity contribution is -0.124. The molecule has 1 aromatic carbocycles. The standard InChI is InChI=1S/C38H51N5O5/c1-26(2)43-24-30(23-40-43)29-11-18-39-34(22-29)42(35(45)28-5-8-32(9-6-28)41-36(46)48-20-19-44)25-37-12-15-38(16-13-37,17-14-37)31-7-10-33(47-4)27(3)21-31/h7,10-11,18,21-24,26,28,32,44H,5-6,8-9,12-17,19-20,25H2,1-4H3,(H,41,46)/t28-,32-,37?,38?. The van der Waals surface area contributed by atoms with Gasteiger partial charge in [0.1, 0.15) is 18.2 Å². The number of carbonyl (C=O) groups is 2. The van der Waals surface area contributed by atoms with Gasteiger partial charge >= 0.3 is 6.09 Å². The molecule has 0 saturated heterocycles. The third-order valence-corrected chi connectivity index (χ3v) is 11.4. The minimum atomic E-state index is -0.517. The van der Waals surface area contributed by atoms with Crippen LogP contribution >= 0.6 is 0 Å². The Bertz CT molecular complexity index is 1570. The normalized spacial score (nSPS) is 25.1. The number of nitrogens with one attached hydrogen (secondary N) is 1. The number of ether oxygens (including phenoxy) is 2. The Morgan fingerprint density at radius 2 is 1.77 bits per heavy atom. The highest BCUT2D eigenvalue weighted by Crippen LogP contribution is 2.58. The van der Waals surface area contributed by atoms with Crippen LogP contribution in [0.15, 0.2) is 48.9 Å². The van der Waals surface area contributed by atoms with Gasteiger partial charge < -0.3 is 19.9 Å². The van der Waals surface area contributed by atoms with E-state index < -0.39 is 6.09 Å². The van der Waals surface area contributed by atoms with E-state index in [9.17, 15) is 9.59 Å². The summed E-state index contributed by atoms with van der Waals surface area (Å²) >= 11 is 0. The number of aromatic nitrogens is 3. The average molecular weight is 658 g/mol. The lowest BCUT2D eigenvalue weighted by atomic mass is 9.51. The first-order valence-electron chi connectivity index (χ1n) is 17.7. The fourth-order valence-corrected chi connectivity index (χ4v) is 8.32. The number of carbonyl (C=O) groups excluding carboxylic acids is 2. The van der Waals surface area contributed by atoms with E-state index in [0.717, 1.165) is 55.4 Å². The van der Waals surface area contributed by atoms with E-state index in [4.69, 9.17) is 19.6 Å². The summed E-state index contributed by atoms with van der Waals surface area (Å²) in [5.74, 6) is 1.62. The van der Waals surface area contributed by atoms with Gasteiger partial charge in [-0.25, -0.2) is 9.78 Å². The highest BCUT2D eigenvalue weighted by Gasteiger charge is 2.51. The van der Waals surface area contributed by atoms with Gasteiger partial charge in [-0.15, -0.1) is 0 Å². The van der Waals surface area contributed by atoms with Crippen LogP contribution in [-0.2, 0) is 14.9 Å². The van der Waals surface area contributed by atoms with Crippen LogP contribution in [-0.4, -0.2) is 64.8 Å². The summed E-state index contributed by atoms with van der Waals surface area (Å²) in [6.07, 6.45) is 14.6. The van der Waals surface area contributed by atoms with Crippen molar-refractivity contribution in [3.63, 3.8) is 0 Å². The number of aryl methyl sites for hydroxylation is 1. The number of alkyl carbamates (subject to hydrolysis) is 1. The minimum Gasteiger partial charge on any atom is -0.496 e. The van der Waals surface area contributed by atoms with E-state index in [1.807, 2.05) is 28.0 Å². The number of pyridine rings is 1. The van der Waals surface area contributed by atoms with Gasteiger partial charge in [-0.05, 0) is 131 Å². The molecule has 2 aromatic heterocycles. The van der Waals surface area contributed by atoms with Crippen LogP contribution in [0.4, 0.5) is 10.6 Å². The molecule has 0 spiro atoms. The smallest absolute Gasteiger partial charge is 0.407 e. The van der Waals surface area contributed by atoms with Crippen LogP contribution in [0.25, 0.3) is 11.1 Å². The minimum absolute atomic E-state index is 0.0262. The molecule has 258 valence electrons. The van der Waals surface area contributed by atoms with Crippen LogP contribution in [0.3, 0.4) is 0 Å². The fraction of sp³-hybridized carbons (Fsp3) is 0.579. The van der Waals surface area contributed by atoms with Gasteiger partial charge in [0.15, 0.2) is 0 Å². The highest BCUT2D eigenvalue weighted by molar-refractivity contribution is 5.95. The van der Waals surface area contributed by atoms with Crippen LogP contribution in [0.5, 0.6) is 5.75 Å². The molecule has 4 aliphatic rings. The monoisotopic (exact) mass is 657 g/mol. The van der Waals surface area contributed by atoms with Crippen molar-refractivity contribution in [2.45, 2.75) is 102 Å². The van der Waals surface area contributed by atoms with E-state index in [2.05, 4.69) is 61.6 Å². The van der Waals surface area contributed by atoms with Gasteiger partial charge in [-0.2, -0.15) is 5.10 Å². The molecule has 0 atom stereocenters. The lowest BCUT2D eigenvalue weighted by Crippen LogP contribution is -2.52. The molecule has 0 radical (unpaired) electrons. The Balaban J connectivity index is 1.22. The molecule has 4 aliphatic carbocycles. The summed E-state index contributed by atoms with van der Waals surface area (Å²) < 4.78 is 12.5. The van der Waals surface area contributed by atoms with Crippen molar-refractivity contribution in [1.82, 2.24) is 20.1 Å². The van der Waals surface area contributed by atoms with E-state index in [0.29, 0.717) is 38.0 Å². The Morgan fingerprint density at radius 3 is 2.40 bits per heavy atom. The summed E-state index contributed by atoms with van der Waals surface area (Å²) in [6.45, 7) is 6.77. The number of nitrogens with zero attached hydrogens (tertiary/aromatic N) is 4. The zero-order chi connectivity index (χ0) is 33.9. The van der Waals surface area contributed by atoms with Crippen molar-refractivity contribution in [2.24, 2.45) is 11.3 Å².